The van der Waals surface area contributed by atoms with Gasteiger partial charge in [0, 0.05) is 23.4 Å². The van der Waals surface area contributed by atoms with Crippen molar-refractivity contribution in [3.05, 3.63) is 107 Å². The van der Waals surface area contributed by atoms with Crippen LogP contribution in [0.3, 0.4) is 0 Å². The topological polar surface area (TPSA) is 84.2 Å². The van der Waals surface area contributed by atoms with Crippen LogP contribution in [-0.4, -0.2) is 23.0 Å². The Morgan fingerprint density at radius 1 is 0.919 bits per heavy atom. The molecular formula is C28H22F3N3O3. The number of nitrogens with zero attached hydrogens (tertiary/aromatic N) is 1. The van der Waals surface area contributed by atoms with Crippen LogP contribution in [0.4, 0.5) is 18.9 Å². The van der Waals surface area contributed by atoms with Crippen molar-refractivity contribution in [1.82, 2.24) is 10.5 Å². The number of anilines is 1. The molecule has 0 bridgehead atoms. The lowest BCUT2D eigenvalue weighted by Crippen LogP contribution is -2.35. The summed E-state index contributed by atoms with van der Waals surface area (Å²) in [6.45, 7) is 1.84. The van der Waals surface area contributed by atoms with E-state index in [1.807, 2.05) is 25.1 Å². The van der Waals surface area contributed by atoms with Crippen molar-refractivity contribution in [3.63, 3.8) is 0 Å². The molecule has 2 amide bonds. The molecule has 9 heteroatoms. The zero-order valence-corrected chi connectivity index (χ0v) is 19.7. The standard InChI is InChI=1S/C28H22F3N3O3/c1-16-2-9-23(17-3-6-20(7-4-17)28(29,30)31)24(12-16)26(35)33-21-8-5-18-13-22(15-19(18)14-21)34-27(36)25-10-11-32-37-25/h2-12,14,22H,13,15H2,1H3,(H,33,35)(H,34,36). The fraction of sp³-hybridized carbons (Fsp3) is 0.179. The first kappa shape index (κ1) is 24.3. The van der Waals surface area contributed by atoms with Crippen molar-refractivity contribution in [2.45, 2.75) is 32.0 Å². The van der Waals surface area contributed by atoms with Crippen molar-refractivity contribution < 1.29 is 27.3 Å². The van der Waals surface area contributed by atoms with Crippen molar-refractivity contribution in [1.29, 1.82) is 0 Å². The largest absolute Gasteiger partial charge is 0.416 e. The zero-order valence-electron chi connectivity index (χ0n) is 19.7. The molecule has 0 spiro atoms. The summed E-state index contributed by atoms with van der Waals surface area (Å²) in [6.07, 6.45) is -1.78. The smallest absolute Gasteiger partial charge is 0.351 e. The molecule has 1 unspecified atom stereocenters. The predicted octanol–water partition coefficient (Wildman–Crippen LogP) is 5.82. The van der Waals surface area contributed by atoms with Gasteiger partial charge in [0.1, 0.15) is 0 Å². The minimum atomic E-state index is -4.43. The first-order chi connectivity index (χ1) is 17.7. The van der Waals surface area contributed by atoms with Crippen LogP contribution in [-0.2, 0) is 19.0 Å². The van der Waals surface area contributed by atoms with Gasteiger partial charge in [-0.25, -0.2) is 0 Å². The lowest BCUT2D eigenvalue weighted by atomic mass is 9.96. The Bertz CT molecular complexity index is 1460. The average molecular weight is 505 g/mol. The van der Waals surface area contributed by atoms with Crippen LogP contribution >= 0.6 is 0 Å². The Morgan fingerprint density at radius 3 is 2.38 bits per heavy atom. The van der Waals surface area contributed by atoms with E-state index in [1.165, 1.54) is 24.4 Å². The fourth-order valence-corrected chi connectivity index (χ4v) is 4.52. The van der Waals surface area contributed by atoms with Crippen molar-refractivity contribution >= 4 is 17.5 Å². The molecule has 1 aromatic heterocycles. The maximum absolute atomic E-state index is 13.3. The number of hydrogen-bond acceptors (Lipinski definition) is 4. The van der Waals surface area contributed by atoms with Gasteiger partial charge in [-0.1, -0.05) is 41.1 Å². The van der Waals surface area contributed by atoms with Gasteiger partial charge >= 0.3 is 6.18 Å². The summed E-state index contributed by atoms with van der Waals surface area (Å²) in [5.74, 6) is -0.559. The monoisotopic (exact) mass is 505 g/mol. The molecule has 1 heterocycles. The van der Waals surface area contributed by atoms with E-state index in [-0.39, 0.29) is 23.6 Å². The van der Waals surface area contributed by atoms with Gasteiger partial charge in [-0.3, -0.25) is 9.59 Å². The average Bonchev–Trinajstić information content (AvgIpc) is 3.53. The third kappa shape index (κ3) is 5.25. The van der Waals surface area contributed by atoms with Crippen molar-refractivity contribution in [2.75, 3.05) is 5.32 Å². The van der Waals surface area contributed by atoms with E-state index in [0.717, 1.165) is 28.8 Å². The van der Waals surface area contributed by atoms with Gasteiger partial charge in [-0.05, 0) is 72.4 Å². The van der Waals surface area contributed by atoms with E-state index < -0.39 is 11.7 Å². The number of aromatic nitrogens is 1. The first-order valence-electron chi connectivity index (χ1n) is 11.6. The van der Waals surface area contributed by atoms with E-state index >= 15 is 0 Å². The summed E-state index contributed by atoms with van der Waals surface area (Å²) in [5, 5.41) is 9.38. The second kappa shape index (κ2) is 9.57. The highest BCUT2D eigenvalue weighted by Crippen LogP contribution is 2.33. The second-order valence-corrected chi connectivity index (χ2v) is 9.02. The molecule has 0 aliphatic heterocycles. The van der Waals surface area contributed by atoms with Gasteiger partial charge in [0.25, 0.3) is 11.8 Å². The van der Waals surface area contributed by atoms with E-state index in [0.29, 0.717) is 35.2 Å². The Morgan fingerprint density at radius 2 is 1.68 bits per heavy atom. The van der Waals surface area contributed by atoms with Gasteiger partial charge in [-0.2, -0.15) is 13.2 Å². The molecule has 6 nitrogen and oxygen atoms in total. The molecule has 188 valence electrons. The molecule has 1 atom stereocenters. The molecule has 0 saturated carbocycles. The number of hydrogen-bond donors (Lipinski definition) is 2. The summed E-state index contributed by atoms with van der Waals surface area (Å²) >= 11 is 0. The molecule has 3 aromatic carbocycles. The highest BCUT2D eigenvalue weighted by Gasteiger charge is 2.30. The Balaban J connectivity index is 1.32. The lowest BCUT2D eigenvalue weighted by Gasteiger charge is -2.13. The molecule has 0 radical (unpaired) electrons. The molecule has 0 fully saturated rings. The number of aryl methyl sites for hydroxylation is 1. The molecule has 4 aromatic rings. The maximum atomic E-state index is 13.3. The van der Waals surface area contributed by atoms with Gasteiger partial charge < -0.3 is 15.2 Å². The number of halogens is 3. The molecule has 37 heavy (non-hydrogen) atoms. The number of rotatable bonds is 5. The Kier molecular flexibility index (Phi) is 6.29. The van der Waals surface area contributed by atoms with E-state index in [1.54, 1.807) is 18.2 Å². The van der Waals surface area contributed by atoms with Crippen LogP contribution in [0.1, 0.15) is 43.2 Å². The predicted molar refractivity (Wildman–Crippen MR) is 131 cm³/mol. The molecular weight excluding hydrogens is 483 g/mol. The zero-order chi connectivity index (χ0) is 26.2. The van der Waals surface area contributed by atoms with Gasteiger partial charge in [0.2, 0.25) is 5.76 Å². The normalized spacial score (nSPS) is 14.8. The van der Waals surface area contributed by atoms with Crippen LogP contribution in [0.25, 0.3) is 11.1 Å². The molecule has 1 aliphatic rings. The molecule has 5 rings (SSSR count). The van der Waals surface area contributed by atoms with Gasteiger partial charge in [0.05, 0.1) is 11.8 Å². The van der Waals surface area contributed by atoms with E-state index in [9.17, 15) is 22.8 Å². The summed E-state index contributed by atoms with van der Waals surface area (Å²) in [7, 11) is 0. The van der Waals surface area contributed by atoms with Crippen LogP contribution in [0.15, 0.2) is 77.4 Å². The fourth-order valence-electron chi connectivity index (χ4n) is 4.52. The molecule has 0 saturated heterocycles. The number of fused-ring (bicyclic) bond motifs is 1. The number of benzene rings is 3. The number of alkyl halides is 3. The third-order valence-electron chi connectivity index (χ3n) is 6.34. The third-order valence-corrected chi connectivity index (χ3v) is 6.34. The van der Waals surface area contributed by atoms with Gasteiger partial charge in [-0.15, -0.1) is 0 Å². The highest BCUT2D eigenvalue weighted by atomic mass is 19.4. The lowest BCUT2D eigenvalue weighted by molar-refractivity contribution is -0.137. The van der Waals surface area contributed by atoms with Crippen molar-refractivity contribution in [2.24, 2.45) is 0 Å². The first-order valence-corrected chi connectivity index (χ1v) is 11.6. The van der Waals surface area contributed by atoms with Crippen LogP contribution in [0.5, 0.6) is 0 Å². The van der Waals surface area contributed by atoms with Crippen LogP contribution < -0.4 is 10.6 Å². The summed E-state index contributed by atoms with van der Waals surface area (Å²) in [5.41, 5.74) is 4.17. The second-order valence-electron chi connectivity index (χ2n) is 9.02. The molecule has 2 N–H and O–H groups in total. The Labute approximate surface area is 210 Å². The van der Waals surface area contributed by atoms with Gasteiger partial charge in [0.15, 0.2) is 0 Å². The van der Waals surface area contributed by atoms with Crippen LogP contribution in [0.2, 0.25) is 0 Å². The quantitative estimate of drug-likeness (QED) is 0.358. The minimum absolute atomic E-state index is 0.110. The number of carbonyl (C=O) groups excluding carboxylic acids is 2. The maximum Gasteiger partial charge on any atom is 0.416 e. The summed E-state index contributed by atoms with van der Waals surface area (Å²) < 4.78 is 43.8. The number of carbonyl (C=O) groups is 2. The summed E-state index contributed by atoms with van der Waals surface area (Å²) in [4.78, 5) is 25.5. The minimum Gasteiger partial charge on any atom is -0.351 e. The SMILES string of the molecule is Cc1ccc(-c2ccc(C(F)(F)F)cc2)c(C(=O)Nc2ccc3c(c2)CC(NC(=O)c2ccno2)C3)c1. The highest BCUT2D eigenvalue weighted by molar-refractivity contribution is 6.09. The van der Waals surface area contributed by atoms with E-state index in [2.05, 4.69) is 15.8 Å². The summed E-state index contributed by atoms with van der Waals surface area (Å²) in [6, 6.07) is 17.0. The Hall–Kier alpha value is -4.40. The van der Waals surface area contributed by atoms with Crippen LogP contribution in [0, 0.1) is 6.92 Å². The number of nitrogens with one attached hydrogen (secondary N) is 2. The molecule has 1 aliphatic carbocycles. The number of amides is 2. The van der Waals surface area contributed by atoms with E-state index in [4.69, 9.17) is 4.52 Å². The van der Waals surface area contributed by atoms with Crippen molar-refractivity contribution in [3.8, 4) is 11.1 Å².